The highest BCUT2D eigenvalue weighted by atomic mass is 16.5. The first-order valence-corrected chi connectivity index (χ1v) is 10.4. The molecule has 0 amide bonds. The largest absolute Gasteiger partial charge is 0.490 e. The fourth-order valence-corrected chi connectivity index (χ4v) is 4.83. The molecule has 0 atom stereocenters. The highest BCUT2D eigenvalue weighted by molar-refractivity contribution is 5.95. The Balaban J connectivity index is 1.67. The second kappa shape index (κ2) is 7.40. The summed E-state index contributed by atoms with van der Waals surface area (Å²) in [7, 11) is 0. The van der Waals surface area contributed by atoms with Gasteiger partial charge in [-0.15, -0.1) is 0 Å². The zero-order valence-corrected chi connectivity index (χ0v) is 16.4. The standard InChI is InChI=1S/C26H24O3/c27-25(28)16-19-11-12-23-22(19)13-14-24(29-21-7-3-4-8-21)26(23)20-10-9-17-5-1-2-6-18(17)15-20/h1-2,5-6,9-10,13-16,21H,3-4,7-8,11-12H2,(H,27,28). The highest BCUT2D eigenvalue weighted by Gasteiger charge is 2.26. The molecule has 29 heavy (non-hydrogen) atoms. The van der Waals surface area contributed by atoms with Crippen molar-refractivity contribution in [2.45, 2.75) is 44.6 Å². The number of carboxylic acids is 1. The van der Waals surface area contributed by atoms with Gasteiger partial charge in [0.25, 0.3) is 0 Å². The van der Waals surface area contributed by atoms with Crippen molar-refractivity contribution >= 4 is 22.3 Å². The summed E-state index contributed by atoms with van der Waals surface area (Å²) in [5, 5.41) is 11.7. The van der Waals surface area contributed by atoms with E-state index >= 15 is 0 Å². The number of carbonyl (C=O) groups is 1. The summed E-state index contributed by atoms with van der Waals surface area (Å²) in [5.74, 6) is 0.0499. The zero-order valence-electron chi connectivity index (χ0n) is 16.4. The number of hydrogen-bond donors (Lipinski definition) is 1. The number of aliphatic carboxylic acids is 1. The molecule has 3 nitrogen and oxygen atoms in total. The molecular formula is C26H24O3. The Morgan fingerprint density at radius 3 is 2.55 bits per heavy atom. The average Bonchev–Trinajstić information content (AvgIpc) is 3.37. The quantitative estimate of drug-likeness (QED) is 0.541. The first kappa shape index (κ1) is 18.0. The van der Waals surface area contributed by atoms with Crippen LogP contribution in [0.25, 0.3) is 27.5 Å². The van der Waals surface area contributed by atoms with Crippen LogP contribution in [0.1, 0.15) is 43.2 Å². The molecule has 1 N–H and O–H groups in total. The molecule has 2 aliphatic carbocycles. The normalized spacial score (nSPS) is 17.7. The van der Waals surface area contributed by atoms with Gasteiger partial charge in [0.1, 0.15) is 5.75 Å². The Kier molecular flexibility index (Phi) is 4.59. The maximum Gasteiger partial charge on any atom is 0.328 e. The van der Waals surface area contributed by atoms with Gasteiger partial charge in [-0.25, -0.2) is 4.79 Å². The van der Waals surface area contributed by atoms with Gasteiger partial charge in [-0.2, -0.15) is 0 Å². The van der Waals surface area contributed by atoms with E-state index in [4.69, 9.17) is 4.74 Å². The minimum absolute atomic E-state index is 0.280. The molecule has 0 bridgehead atoms. The summed E-state index contributed by atoms with van der Waals surface area (Å²) in [5.41, 5.74) is 5.44. The Hall–Kier alpha value is -3.07. The summed E-state index contributed by atoms with van der Waals surface area (Å²) < 4.78 is 6.48. The molecule has 146 valence electrons. The van der Waals surface area contributed by atoms with E-state index in [1.807, 2.05) is 12.1 Å². The Morgan fingerprint density at radius 2 is 1.76 bits per heavy atom. The number of benzene rings is 3. The van der Waals surface area contributed by atoms with Crippen LogP contribution in [0.15, 0.2) is 60.7 Å². The Labute approximate surface area is 170 Å². The van der Waals surface area contributed by atoms with Crippen LogP contribution in [0.3, 0.4) is 0 Å². The number of carboxylic acid groups (broad SMARTS) is 1. The third-order valence-electron chi connectivity index (χ3n) is 6.20. The van der Waals surface area contributed by atoms with E-state index < -0.39 is 5.97 Å². The maximum absolute atomic E-state index is 11.3. The van der Waals surface area contributed by atoms with Crippen molar-refractivity contribution in [3.05, 3.63) is 71.8 Å². The number of rotatable bonds is 4. The molecule has 0 spiro atoms. The Morgan fingerprint density at radius 1 is 0.966 bits per heavy atom. The van der Waals surface area contributed by atoms with E-state index in [2.05, 4.69) is 42.5 Å². The molecule has 0 heterocycles. The molecule has 1 fully saturated rings. The van der Waals surface area contributed by atoms with E-state index in [0.717, 1.165) is 53.7 Å². The number of fused-ring (bicyclic) bond motifs is 2. The van der Waals surface area contributed by atoms with Gasteiger partial charge in [0, 0.05) is 11.6 Å². The summed E-state index contributed by atoms with van der Waals surface area (Å²) in [6.07, 6.45) is 7.92. The lowest BCUT2D eigenvalue weighted by molar-refractivity contribution is -0.131. The van der Waals surface area contributed by atoms with Crippen molar-refractivity contribution in [2.75, 3.05) is 0 Å². The van der Waals surface area contributed by atoms with E-state index in [-0.39, 0.29) is 6.10 Å². The number of hydrogen-bond acceptors (Lipinski definition) is 2. The lowest BCUT2D eigenvalue weighted by Gasteiger charge is -2.20. The molecule has 0 unspecified atom stereocenters. The minimum Gasteiger partial charge on any atom is -0.490 e. The summed E-state index contributed by atoms with van der Waals surface area (Å²) in [4.78, 5) is 11.3. The van der Waals surface area contributed by atoms with Crippen LogP contribution in [-0.4, -0.2) is 17.2 Å². The molecule has 0 aromatic heterocycles. The lowest BCUT2D eigenvalue weighted by atomic mass is 9.93. The van der Waals surface area contributed by atoms with Gasteiger partial charge < -0.3 is 9.84 Å². The molecule has 0 radical (unpaired) electrons. The zero-order chi connectivity index (χ0) is 19.8. The van der Waals surface area contributed by atoms with Gasteiger partial charge in [0.05, 0.1) is 6.10 Å². The van der Waals surface area contributed by atoms with Crippen LogP contribution in [0.2, 0.25) is 0 Å². The molecule has 0 aliphatic heterocycles. The fraction of sp³-hybridized carbons (Fsp3) is 0.269. The topological polar surface area (TPSA) is 46.5 Å². The first-order valence-electron chi connectivity index (χ1n) is 10.4. The van der Waals surface area contributed by atoms with Gasteiger partial charge in [0.15, 0.2) is 0 Å². The average molecular weight is 384 g/mol. The molecule has 3 aromatic carbocycles. The molecular weight excluding hydrogens is 360 g/mol. The van der Waals surface area contributed by atoms with Crippen molar-refractivity contribution < 1.29 is 14.6 Å². The van der Waals surface area contributed by atoms with Crippen LogP contribution in [0.4, 0.5) is 0 Å². The van der Waals surface area contributed by atoms with Crippen molar-refractivity contribution in [1.82, 2.24) is 0 Å². The van der Waals surface area contributed by atoms with Crippen LogP contribution in [-0.2, 0) is 11.2 Å². The third-order valence-corrected chi connectivity index (χ3v) is 6.20. The van der Waals surface area contributed by atoms with Gasteiger partial charge in [-0.1, -0.05) is 42.5 Å². The third kappa shape index (κ3) is 3.42. The second-order valence-corrected chi connectivity index (χ2v) is 8.06. The minimum atomic E-state index is -0.883. The molecule has 0 saturated heterocycles. The van der Waals surface area contributed by atoms with Crippen LogP contribution >= 0.6 is 0 Å². The molecule has 1 saturated carbocycles. The van der Waals surface area contributed by atoms with Crippen molar-refractivity contribution in [3.8, 4) is 16.9 Å². The first-order chi connectivity index (χ1) is 14.2. The smallest absolute Gasteiger partial charge is 0.328 e. The van der Waals surface area contributed by atoms with Gasteiger partial charge in [-0.05, 0) is 83.7 Å². The van der Waals surface area contributed by atoms with Crippen LogP contribution in [0.5, 0.6) is 5.75 Å². The summed E-state index contributed by atoms with van der Waals surface area (Å²) in [6, 6.07) is 19.0. The molecule has 5 rings (SSSR count). The Bertz CT molecular complexity index is 1120. The second-order valence-electron chi connectivity index (χ2n) is 8.06. The summed E-state index contributed by atoms with van der Waals surface area (Å²) >= 11 is 0. The van der Waals surface area contributed by atoms with Gasteiger partial charge in [0.2, 0.25) is 0 Å². The van der Waals surface area contributed by atoms with E-state index in [0.29, 0.717) is 0 Å². The van der Waals surface area contributed by atoms with Crippen LogP contribution < -0.4 is 4.74 Å². The monoisotopic (exact) mass is 384 g/mol. The fourth-order valence-electron chi connectivity index (χ4n) is 4.83. The van der Waals surface area contributed by atoms with Gasteiger partial charge in [-0.3, -0.25) is 0 Å². The molecule has 3 aromatic rings. The van der Waals surface area contributed by atoms with E-state index in [1.165, 1.54) is 35.3 Å². The van der Waals surface area contributed by atoms with Gasteiger partial charge >= 0.3 is 5.97 Å². The van der Waals surface area contributed by atoms with Crippen molar-refractivity contribution in [3.63, 3.8) is 0 Å². The van der Waals surface area contributed by atoms with E-state index in [9.17, 15) is 9.90 Å². The van der Waals surface area contributed by atoms with Crippen LogP contribution in [0, 0.1) is 0 Å². The molecule has 3 heteroatoms. The van der Waals surface area contributed by atoms with Crippen molar-refractivity contribution in [2.24, 2.45) is 0 Å². The predicted octanol–water partition coefficient (Wildman–Crippen LogP) is 6.24. The summed E-state index contributed by atoms with van der Waals surface area (Å²) in [6.45, 7) is 0. The lowest BCUT2D eigenvalue weighted by Crippen LogP contribution is -2.12. The SMILES string of the molecule is O=C(O)C=C1CCc2c1ccc(OC1CCCC1)c2-c1ccc2ccccc2c1. The highest BCUT2D eigenvalue weighted by Crippen LogP contribution is 2.44. The maximum atomic E-state index is 11.3. The number of allylic oxidation sites excluding steroid dienone is 1. The number of ether oxygens (including phenoxy) is 1. The predicted molar refractivity (Wildman–Crippen MR) is 116 cm³/mol. The van der Waals surface area contributed by atoms with E-state index in [1.54, 1.807) is 0 Å². The van der Waals surface area contributed by atoms with Crippen molar-refractivity contribution in [1.29, 1.82) is 0 Å². The molecule has 2 aliphatic rings.